The zero-order valence-corrected chi connectivity index (χ0v) is 13.9. The van der Waals surface area contributed by atoms with Crippen molar-refractivity contribution in [3.8, 4) is 0 Å². The molecule has 0 bridgehead atoms. The molecule has 1 N–H and O–H groups in total. The van der Waals surface area contributed by atoms with Gasteiger partial charge in [-0.05, 0) is 31.0 Å². The third-order valence-electron chi connectivity index (χ3n) is 3.94. The molecule has 2 amide bonds. The van der Waals surface area contributed by atoms with Gasteiger partial charge in [0.1, 0.15) is 0 Å². The van der Waals surface area contributed by atoms with Crippen molar-refractivity contribution in [2.24, 2.45) is 0 Å². The van der Waals surface area contributed by atoms with Crippen LogP contribution >= 0.6 is 0 Å². The van der Waals surface area contributed by atoms with Crippen LogP contribution in [-0.4, -0.2) is 63.2 Å². The SMILES string of the molecule is COCCCNC(=O)C(=O)N1CCN(c2cccc(C)c2)CC1. The number of piperazine rings is 1. The van der Waals surface area contributed by atoms with Crippen LogP contribution < -0.4 is 10.2 Å². The molecule has 1 aromatic rings. The minimum Gasteiger partial charge on any atom is -0.385 e. The average molecular weight is 319 g/mol. The first-order valence-corrected chi connectivity index (χ1v) is 7.99. The summed E-state index contributed by atoms with van der Waals surface area (Å²) in [6.07, 6.45) is 0.705. The molecule has 6 nitrogen and oxygen atoms in total. The summed E-state index contributed by atoms with van der Waals surface area (Å²) in [7, 11) is 1.61. The number of anilines is 1. The average Bonchev–Trinajstić information content (AvgIpc) is 2.58. The van der Waals surface area contributed by atoms with Gasteiger partial charge < -0.3 is 19.9 Å². The van der Waals surface area contributed by atoms with Crippen molar-refractivity contribution >= 4 is 17.5 Å². The second-order valence-corrected chi connectivity index (χ2v) is 5.72. The predicted octanol–water partition coefficient (Wildman–Crippen LogP) is 0.796. The van der Waals surface area contributed by atoms with Crippen LogP contribution in [0.15, 0.2) is 24.3 Å². The summed E-state index contributed by atoms with van der Waals surface area (Å²) in [6, 6.07) is 8.32. The number of benzene rings is 1. The van der Waals surface area contributed by atoms with Crippen molar-refractivity contribution in [3.05, 3.63) is 29.8 Å². The number of hydrogen-bond acceptors (Lipinski definition) is 4. The van der Waals surface area contributed by atoms with Crippen LogP contribution in [0.4, 0.5) is 5.69 Å². The topological polar surface area (TPSA) is 61.9 Å². The number of amides is 2. The van der Waals surface area contributed by atoms with E-state index in [1.165, 1.54) is 11.3 Å². The lowest BCUT2D eigenvalue weighted by Gasteiger charge is -2.35. The summed E-state index contributed by atoms with van der Waals surface area (Å²) >= 11 is 0. The summed E-state index contributed by atoms with van der Waals surface area (Å²) < 4.78 is 4.91. The summed E-state index contributed by atoms with van der Waals surface area (Å²) in [4.78, 5) is 27.8. The first-order valence-electron chi connectivity index (χ1n) is 7.99. The van der Waals surface area contributed by atoms with Gasteiger partial charge in [-0.1, -0.05) is 12.1 Å². The number of methoxy groups -OCH3 is 1. The van der Waals surface area contributed by atoms with Crippen LogP contribution in [0.25, 0.3) is 0 Å². The lowest BCUT2D eigenvalue weighted by atomic mass is 10.2. The van der Waals surface area contributed by atoms with Gasteiger partial charge in [-0.2, -0.15) is 0 Å². The Hall–Kier alpha value is -2.08. The molecule has 0 aromatic heterocycles. The lowest BCUT2D eigenvalue weighted by Crippen LogP contribution is -2.52. The molecular formula is C17H25N3O3. The maximum absolute atomic E-state index is 12.1. The van der Waals surface area contributed by atoms with E-state index in [1.54, 1.807) is 12.0 Å². The van der Waals surface area contributed by atoms with Crippen LogP contribution in [-0.2, 0) is 14.3 Å². The molecule has 0 atom stereocenters. The van der Waals surface area contributed by atoms with Crippen LogP contribution in [0.5, 0.6) is 0 Å². The highest BCUT2D eigenvalue weighted by atomic mass is 16.5. The molecule has 1 heterocycles. The molecule has 1 aliphatic heterocycles. The Kier molecular flexibility index (Phi) is 6.40. The first kappa shape index (κ1) is 17.3. The van der Waals surface area contributed by atoms with Crippen LogP contribution in [0.2, 0.25) is 0 Å². The fourth-order valence-electron chi connectivity index (χ4n) is 2.63. The molecule has 23 heavy (non-hydrogen) atoms. The highest BCUT2D eigenvalue weighted by Gasteiger charge is 2.25. The normalized spacial score (nSPS) is 14.7. The molecule has 1 aromatic carbocycles. The Balaban J connectivity index is 1.79. The summed E-state index contributed by atoms with van der Waals surface area (Å²) in [5, 5.41) is 2.64. The Morgan fingerprint density at radius 1 is 1.22 bits per heavy atom. The van der Waals surface area contributed by atoms with Gasteiger partial charge in [-0.15, -0.1) is 0 Å². The molecule has 6 heteroatoms. The molecule has 0 aliphatic carbocycles. The minimum absolute atomic E-state index is 0.439. The van der Waals surface area contributed by atoms with E-state index in [4.69, 9.17) is 4.74 Å². The maximum Gasteiger partial charge on any atom is 0.312 e. The molecule has 0 spiro atoms. The Labute approximate surface area is 137 Å². The molecule has 1 fully saturated rings. The second kappa shape index (κ2) is 8.53. The molecule has 0 saturated carbocycles. The van der Waals surface area contributed by atoms with E-state index in [-0.39, 0.29) is 0 Å². The largest absolute Gasteiger partial charge is 0.385 e. The summed E-state index contributed by atoms with van der Waals surface area (Å²) in [5.74, 6) is -0.962. The first-order chi connectivity index (χ1) is 11.1. The minimum atomic E-state index is -0.523. The number of ether oxygens (including phenoxy) is 1. The number of carbonyl (C=O) groups is 2. The van der Waals surface area contributed by atoms with E-state index < -0.39 is 11.8 Å². The summed E-state index contributed by atoms with van der Waals surface area (Å²) in [6.45, 7) is 5.72. The highest BCUT2D eigenvalue weighted by molar-refractivity contribution is 6.35. The number of hydrogen-bond donors (Lipinski definition) is 1. The Morgan fingerprint density at radius 3 is 2.61 bits per heavy atom. The van der Waals surface area contributed by atoms with Gasteiger partial charge in [0.25, 0.3) is 0 Å². The summed E-state index contributed by atoms with van der Waals surface area (Å²) in [5.41, 5.74) is 2.39. The van der Waals surface area contributed by atoms with Crippen LogP contribution in [0.1, 0.15) is 12.0 Å². The van der Waals surface area contributed by atoms with E-state index in [0.29, 0.717) is 32.7 Å². The van der Waals surface area contributed by atoms with Crippen molar-refractivity contribution in [2.45, 2.75) is 13.3 Å². The number of carbonyl (C=O) groups excluding carboxylic acids is 2. The molecular weight excluding hydrogens is 294 g/mol. The van der Waals surface area contributed by atoms with E-state index in [0.717, 1.165) is 13.1 Å². The van der Waals surface area contributed by atoms with Gasteiger partial charge >= 0.3 is 11.8 Å². The van der Waals surface area contributed by atoms with Gasteiger partial charge in [0.05, 0.1) is 0 Å². The third-order valence-corrected chi connectivity index (χ3v) is 3.94. The van der Waals surface area contributed by atoms with E-state index in [9.17, 15) is 9.59 Å². The quantitative estimate of drug-likeness (QED) is 0.644. The molecule has 0 radical (unpaired) electrons. The van der Waals surface area contributed by atoms with Gasteiger partial charge in [0.2, 0.25) is 0 Å². The number of aryl methyl sites for hydroxylation is 1. The van der Waals surface area contributed by atoms with Crippen molar-refractivity contribution in [2.75, 3.05) is 51.3 Å². The van der Waals surface area contributed by atoms with Gasteiger partial charge in [-0.25, -0.2) is 0 Å². The van der Waals surface area contributed by atoms with Gasteiger partial charge in [0.15, 0.2) is 0 Å². The van der Waals surface area contributed by atoms with E-state index in [2.05, 4.69) is 35.3 Å². The smallest absolute Gasteiger partial charge is 0.312 e. The molecule has 2 rings (SSSR count). The van der Waals surface area contributed by atoms with Gasteiger partial charge in [0, 0.05) is 52.1 Å². The zero-order chi connectivity index (χ0) is 16.7. The fraction of sp³-hybridized carbons (Fsp3) is 0.529. The Morgan fingerprint density at radius 2 is 1.96 bits per heavy atom. The van der Waals surface area contributed by atoms with Crippen LogP contribution in [0.3, 0.4) is 0 Å². The van der Waals surface area contributed by atoms with Crippen molar-refractivity contribution in [3.63, 3.8) is 0 Å². The third kappa shape index (κ3) is 4.96. The van der Waals surface area contributed by atoms with Crippen molar-refractivity contribution < 1.29 is 14.3 Å². The lowest BCUT2D eigenvalue weighted by molar-refractivity contribution is -0.146. The van der Waals surface area contributed by atoms with Crippen molar-refractivity contribution in [1.82, 2.24) is 10.2 Å². The molecule has 1 saturated heterocycles. The second-order valence-electron chi connectivity index (χ2n) is 5.72. The molecule has 0 unspecified atom stereocenters. The van der Waals surface area contributed by atoms with E-state index in [1.807, 2.05) is 6.07 Å². The standard InChI is InChI=1S/C17H25N3O3/c1-14-5-3-6-15(13-14)19-8-10-20(11-9-19)17(22)16(21)18-7-4-12-23-2/h3,5-6,13H,4,7-12H2,1-2H3,(H,18,21). The van der Waals surface area contributed by atoms with Crippen LogP contribution in [0, 0.1) is 6.92 Å². The number of nitrogens with zero attached hydrogens (tertiary/aromatic N) is 2. The predicted molar refractivity (Wildman–Crippen MR) is 89.5 cm³/mol. The van der Waals surface area contributed by atoms with Crippen molar-refractivity contribution in [1.29, 1.82) is 0 Å². The zero-order valence-electron chi connectivity index (χ0n) is 13.9. The Bertz CT molecular complexity index is 540. The highest BCUT2D eigenvalue weighted by Crippen LogP contribution is 2.17. The van der Waals surface area contributed by atoms with E-state index >= 15 is 0 Å². The monoisotopic (exact) mass is 319 g/mol. The number of nitrogens with one attached hydrogen (secondary N) is 1. The van der Waals surface area contributed by atoms with Gasteiger partial charge in [-0.3, -0.25) is 9.59 Å². The maximum atomic E-state index is 12.1. The molecule has 126 valence electrons. The fourth-order valence-corrected chi connectivity index (χ4v) is 2.63. The molecule has 1 aliphatic rings. The number of rotatable bonds is 5.